The minimum Gasteiger partial charge on any atom is -0.272 e. The van der Waals surface area contributed by atoms with E-state index in [0.29, 0.717) is 15.6 Å². The molecule has 0 saturated carbocycles. The molecule has 0 spiro atoms. The first-order valence-corrected chi connectivity index (χ1v) is 8.50. The number of rotatable bonds is 4. The lowest BCUT2D eigenvalue weighted by atomic mass is 10.2. The molecule has 0 aliphatic heterocycles. The lowest BCUT2D eigenvalue weighted by Gasteiger charge is -2.08. The van der Waals surface area contributed by atoms with Gasteiger partial charge in [-0.25, -0.2) is 0 Å². The van der Waals surface area contributed by atoms with E-state index in [2.05, 4.69) is 10.9 Å². The number of thioether (sulfide) groups is 1. The molecule has 0 atom stereocenters. The largest absolute Gasteiger partial charge is 0.272 e. The number of amides is 2. The van der Waals surface area contributed by atoms with Crippen LogP contribution < -0.4 is 10.9 Å². The van der Waals surface area contributed by atoms with Crippen molar-refractivity contribution >= 4 is 58.4 Å². The molecular formula is C15H11Cl3N2O2S. The van der Waals surface area contributed by atoms with E-state index in [1.807, 2.05) is 12.1 Å². The fraction of sp³-hybridized carbons (Fsp3) is 0.0667. The Labute approximate surface area is 152 Å². The van der Waals surface area contributed by atoms with Gasteiger partial charge in [0, 0.05) is 15.5 Å². The van der Waals surface area contributed by atoms with Gasteiger partial charge in [-0.2, -0.15) is 0 Å². The zero-order chi connectivity index (χ0) is 16.8. The molecule has 0 aliphatic rings. The first kappa shape index (κ1) is 17.9. The highest BCUT2D eigenvalue weighted by Crippen LogP contribution is 2.22. The van der Waals surface area contributed by atoms with E-state index in [-0.39, 0.29) is 16.7 Å². The molecule has 2 aromatic carbocycles. The summed E-state index contributed by atoms with van der Waals surface area (Å²) in [6.07, 6.45) is 0. The van der Waals surface area contributed by atoms with Crippen LogP contribution in [0.15, 0.2) is 47.4 Å². The van der Waals surface area contributed by atoms with Gasteiger partial charge in [-0.1, -0.05) is 34.8 Å². The van der Waals surface area contributed by atoms with E-state index < -0.39 is 5.91 Å². The van der Waals surface area contributed by atoms with Crippen molar-refractivity contribution in [2.45, 2.75) is 4.90 Å². The number of benzene rings is 2. The van der Waals surface area contributed by atoms with Gasteiger partial charge in [-0.05, 0) is 42.5 Å². The maximum absolute atomic E-state index is 11.9. The second-order valence-electron chi connectivity index (χ2n) is 4.37. The average molecular weight is 390 g/mol. The van der Waals surface area contributed by atoms with Crippen LogP contribution in [0.1, 0.15) is 10.4 Å². The molecule has 0 radical (unpaired) electrons. The number of carbonyl (C=O) groups excluding carboxylic acids is 2. The highest BCUT2D eigenvalue weighted by Gasteiger charge is 2.09. The molecule has 0 aromatic heterocycles. The summed E-state index contributed by atoms with van der Waals surface area (Å²) in [5, 5.41) is 1.25. The predicted molar refractivity (Wildman–Crippen MR) is 94.2 cm³/mol. The fourth-order valence-corrected chi connectivity index (χ4v) is 2.67. The molecule has 8 heteroatoms. The normalized spacial score (nSPS) is 10.2. The Morgan fingerprint density at radius 3 is 2.26 bits per heavy atom. The third kappa shape index (κ3) is 5.62. The van der Waals surface area contributed by atoms with Crippen LogP contribution in [0.5, 0.6) is 0 Å². The second kappa shape index (κ2) is 8.45. The molecule has 2 N–H and O–H groups in total. The Bertz CT molecular complexity index is 723. The van der Waals surface area contributed by atoms with E-state index in [1.165, 1.54) is 30.0 Å². The van der Waals surface area contributed by atoms with Crippen LogP contribution in [0.4, 0.5) is 0 Å². The van der Waals surface area contributed by atoms with Crippen LogP contribution in [-0.2, 0) is 4.79 Å². The van der Waals surface area contributed by atoms with Crippen LogP contribution in [-0.4, -0.2) is 17.6 Å². The van der Waals surface area contributed by atoms with Crippen molar-refractivity contribution in [1.29, 1.82) is 0 Å². The first-order valence-electron chi connectivity index (χ1n) is 6.38. The van der Waals surface area contributed by atoms with Gasteiger partial charge in [-0.3, -0.25) is 20.4 Å². The maximum Gasteiger partial charge on any atom is 0.269 e. The lowest BCUT2D eigenvalue weighted by molar-refractivity contribution is -0.119. The van der Waals surface area contributed by atoms with Gasteiger partial charge in [0.05, 0.1) is 15.8 Å². The number of nitrogens with one attached hydrogen (secondary N) is 2. The molecule has 2 rings (SSSR count). The van der Waals surface area contributed by atoms with Crippen molar-refractivity contribution in [2.24, 2.45) is 0 Å². The van der Waals surface area contributed by atoms with Crippen molar-refractivity contribution < 1.29 is 9.59 Å². The number of carbonyl (C=O) groups is 2. The lowest BCUT2D eigenvalue weighted by Crippen LogP contribution is -2.42. The highest BCUT2D eigenvalue weighted by molar-refractivity contribution is 8.00. The number of hydrazine groups is 1. The van der Waals surface area contributed by atoms with Crippen LogP contribution in [0.25, 0.3) is 0 Å². The summed E-state index contributed by atoms with van der Waals surface area (Å²) in [5.41, 5.74) is 4.95. The summed E-state index contributed by atoms with van der Waals surface area (Å²) < 4.78 is 0. The van der Waals surface area contributed by atoms with E-state index >= 15 is 0 Å². The van der Waals surface area contributed by atoms with E-state index in [1.54, 1.807) is 12.1 Å². The summed E-state index contributed by atoms with van der Waals surface area (Å²) in [6, 6.07) is 11.6. The standard InChI is InChI=1S/C15H11Cl3N2O2S/c16-10-2-4-11(5-3-10)23-8-14(21)19-20-15(22)9-1-6-12(17)13(18)7-9/h1-7H,8H2,(H,19,21)(H,20,22). The van der Waals surface area contributed by atoms with Crippen molar-refractivity contribution in [1.82, 2.24) is 10.9 Å². The van der Waals surface area contributed by atoms with Gasteiger partial charge in [0.2, 0.25) is 5.91 Å². The molecule has 120 valence electrons. The van der Waals surface area contributed by atoms with Gasteiger partial charge in [0.1, 0.15) is 0 Å². The molecule has 2 amide bonds. The van der Waals surface area contributed by atoms with E-state index in [0.717, 1.165) is 4.90 Å². The molecule has 0 aliphatic carbocycles. The van der Waals surface area contributed by atoms with Gasteiger partial charge in [0.25, 0.3) is 5.91 Å². The number of halogens is 3. The summed E-state index contributed by atoms with van der Waals surface area (Å²) in [4.78, 5) is 24.5. The SMILES string of the molecule is O=C(CSc1ccc(Cl)cc1)NNC(=O)c1ccc(Cl)c(Cl)c1. The summed E-state index contributed by atoms with van der Waals surface area (Å²) >= 11 is 18.7. The van der Waals surface area contributed by atoms with Crippen molar-refractivity contribution in [3.63, 3.8) is 0 Å². The van der Waals surface area contributed by atoms with E-state index in [4.69, 9.17) is 34.8 Å². The van der Waals surface area contributed by atoms with E-state index in [9.17, 15) is 9.59 Å². The molecular weight excluding hydrogens is 379 g/mol. The fourth-order valence-electron chi connectivity index (χ4n) is 1.55. The Balaban J connectivity index is 1.80. The Hall–Kier alpha value is -1.40. The topological polar surface area (TPSA) is 58.2 Å². The van der Waals surface area contributed by atoms with Gasteiger partial charge < -0.3 is 0 Å². The molecule has 4 nitrogen and oxygen atoms in total. The van der Waals surface area contributed by atoms with Crippen LogP contribution in [0.2, 0.25) is 15.1 Å². The zero-order valence-corrected chi connectivity index (χ0v) is 14.7. The summed E-state index contributed by atoms with van der Waals surface area (Å²) in [6.45, 7) is 0. The van der Waals surface area contributed by atoms with Crippen LogP contribution in [0, 0.1) is 0 Å². The van der Waals surface area contributed by atoms with Crippen molar-refractivity contribution in [2.75, 3.05) is 5.75 Å². The minimum atomic E-state index is -0.478. The second-order valence-corrected chi connectivity index (χ2v) is 6.67. The molecule has 0 unspecified atom stereocenters. The zero-order valence-electron chi connectivity index (χ0n) is 11.6. The van der Waals surface area contributed by atoms with Gasteiger partial charge in [0.15, 0.2) is 0 Å². The molecule has 0 saturated heterocycles. The highest BCUT2D eigenvalue weighted by atomic mass is 35.5. The van der Waals surface area contributed by atoms with Crippen LogP contribution in [0.3, 0.4) is 0 Å². The monoisotopic (exact) mass is 388 g/mol. The van der Waals surface area contributed by atoms with Crippen molar-refractivity contribution in [3.8, 4) is 0 Å². The first-order chi connectivity index (χ1) is 11.0. The third-order valence-corrected chi connectivity index (χ3v) is 4.68. The molecule has 23 heavy (non-hydrogen) atoms. The van der Waals surface area contributed by atoms with Gasteiger partial charge >= 0.3 is 0 Å². The smallest absolute Gasteiger partial charge is 0.269 e. The maximum atomic E-state index is 11.9. The summed E-state index contributed by atoms with van der Waals surface area (Å²) in [5.74, 6) is -0.657. The quantitative estimate of drug-likeness (QED) is 0.608. The molecule has 0 fully saturated rings. The summed E-state index contributed by atoms with van der Waals surface area (Å²) in [7, 11) is 0. The predicted octanol–water partition coefficient (Wildman–Crippen LogP) is 4.20. The van der Waals surface area contributed by atoms with Gasteiger partial charge in [-0.15, -0.1) is 11.8 Å². The number of hydrogen-bond donors (Lipinski definition) is 2. The van der Waals surface area contributed by atoms with Crippen LogP contribution >= 0.6 is 46.6 Å². The third-order valence-electron chi connectivity index (χ3n) is 2.68. The molecule has 0 heterocycles. The Morgan fingerprint density at radius 2 is 1.61 bits per heavy atom. The molecule has 2 aromatic rings. The molecule has 0 bridgehead atoms. The number of hydrogen-bond acceptors (Lipinski definition) is 3. The average Bonchev–Trinajstić information content (AvgIpc) is 2.54. The minimum absolute atomic E-state index is 0.156. The van der Waals surface area contributed by atoms with Crippen molar-refractivity contribution in [3.05, 3.63) is 63.1 Å². The Kier molecular flexibility index (Phi) is 6.59. The Morgan fingerprint density at radius 1 is 0.913 bits per heavy atom.